The first-order chi connectivity index (χ1) is 9.81. The molecule has 1 aromatic heterocycles. The quantitative estimate of drug-likeness (QED) is 0.842. The van der Waals surface area contributed by atoms with Crippen LogP contribution in [0.15, 0.2) is 53.1 Å². The SMILES string of the molecule is NCCCN(C(=O)CCc1ccco1)c1ccccc1. The molecule has 0 aliphatic rings. The van der Waals surface area contributed by atoms with E-state index >= 15 is 0 Å². The molecule has 2 rings (SSSR count). The van der Waals surface area contributed by atoms with Crippen molar-refractivity contribution in [2.24, 2.45) is 5.73 Å². The average Bonchev–Trinajstić information content (AvgIpc) is 3.00. The van der Waals surface area contributed by atoms with E-state index in [1.165, 1.54) is 0 Å². The van der Waals surface area contributed by atoms with Crippen molar-refractivity contribution in [3.05, 3.63) is 54.5 Å². The number of para-hydroxylation sites is 1. The van der Waals surface area contributed by atoms with E-state index in [4.69, 9.17) is 10.2 Å². The van der Waals surface area contributed by atoms with Gasteiger partial charge in [0.25, 0.3) is 0 Å². The smallest absolute Gasteiger partial charge is 0.227 e. The number of hydrogen-bond acceptors (Lipinski definition) is 3. The number of carbonyl (C=O) groups excluding carboxylic acids is 1. The molecule has 0 fully saturated rings. The van der Waals surface area contributed by atoms with Crippen molar-refractivity contribution in [1.82, 2.24) is 0 Å². The standard InChI is InChI=1S/C16H20N2O2/c17-11-5-12-18(14-6-2-1-3-7-14)16(19)10-9-15-8-4-13-20-15/h1-4,6-8,13H,5,9-12,17H2. The number of hydrogen-bond donors (Lipinski definition) is 1. The van der Waals surface area contributed by atoms with E-state index < -0.39 is 0 Å². The molecule has 0 aliphatic carbocycles. The van der Waals surface area contributed by atoms with Crippen molar-refractivity contribution in [3.63, 3.8) is 0 Å². The monoisotopic (exact) mass is 272 g/mol. The number of carbonyl (C=O) groups is 1. The molecule has 0 saturated carbocycles. The predicted molar refractivity (Wildman–Crippen MR) is 79.5 cm³/mol. The molecule has 2 N–H and O–H groups in total. The number of anilines is 1. The van der Waals surface area contributed by atoms with Gasteiger partial charge in [0.05, 0.1) is 6.26 Å². The van der Waals surface area contributed by atoms with E-state index in [2.05, 4.69) is 0 Å². The molecule has 1 amide bonds. The zero-order valence-electron chi connectivity index (χ0n) is 11.5. The fourth-order valence-corrected chi connectivity index (χ4v) is 2.08. The Balaban J connectivity index is 2.00. The summed E-state index contributed by atoms with van der Waals surface area (Å²) in [5.74, 6) is 0.936. The van der Waals surface area contributed by atoms with Gasteiger partial charge in [-0.2, -0.15) is 0 Å². The average molecular weight is 272 g/mol. The highest BCUT2D eigenvalue weighted by Gasteiger charge is 2.15. The van der Waals surface area contributed by atoms with Gasteiger partial charge in [-0.3, -0.25) is 4.79 Å². The van der Waals surface area contributed by atoms with Crippen LogP contribution in [0.2, 0.25) is 0 Å². The number of benzene rings is 1. The molecule has 1 aromatic carbocycles. The molecular weight excluding hydrogens is 252 g/mol. The molecule has 1 heterocycles. The van der Waals surface area contributed by atoms with Crippen LogP contribution in [0.25, 0.3) is 0 Å². The Morgan fingerprint density at radius 2 is 1.95 bits per heavy atom. The highest BCUT2D eigenvalue weighted by molar-refractivity contribution is 5.93. The van der Waals surface area contributed by atoms with Gasteiger partial charge in [-0.25, -0.2) is 0 Å². The molecule has 4 nitrogen and oxygen atoms in total. The third-order valence-electron chi connectivity index (χ3n) is 3.12. The normalized spacial score (nSPS) is 10.4. The van der Waals surface area contributed by atoms with E-state index in [-0.39, 0.29) is 5.91 Å². The Morgan fingerprint density at radius 1 is 1.15 bits per heavy atom. The lowest BCUT2D eigenvalue weighted by Gasteiger charge is -2.22. The first kappa shape index (κ1) is 14.3. The van der Waals surface area contributed by atoms with E-state index in [1.807, 2.05) is 42.5 Å². The van der Waals surface area contributed by atoms with Crippen LogP contribution in [0, 0.1) is 0 Å². The molecule has 0 spiro atoms. The van der Waals surface area contributed by atoms with E-state index in [1.54, 1.807) is 11.2 Å². The van der Waals surface area contributed by atoms with Gasteiger partial charge < -0.3 is 15.1 Å². The van der Waals surface area contributed by atoms with E-state index in [9.17, 15) is 4.79 Å². The minimum atomic E-state index is 0.0982. The van der Waals surface area contributed by atoms with Gasteiger partial charge in [-0.15, -0.1) is 0 Å². The maximum atomic E-state index is 12.4. The number of nitrogens with zero attached hydrogens (tertiary/aromatic N) is 1. The maximum absolute atomic E-state index is 12.4. The zero-order valence-corrected chi connectivity index (χ0v) is 11.5. The minimum absolute atomic E-state index is 0.0982. The molecule has 4 heteroatoms. The third kappa shape index (κ3) is 3.96. The summed E-state index contributed by atoms with van der Waals surface area (Å²) in [6.45, 7) is 1.23. The summed E-state index contributed by atoms with van der Waals surface area (Å²) in [5, 5.41) is 0. The number of nitrogens with two attached hydrogens (primary N) is 1. The fraction of sp³-hybridized carbons (Fsp3) is 0.312. The zero-order chi connectivity index (χ0) is 14.2. The highest BCUT2D eigenvalue weighted by atomic mass is 16.3. The summed E-state index contributed by atoms with van der Waals surface area (Å²) in [5.41, 5.74) is 6.47. The Bertz CT molecular complexity index is 509. The van der Waals surface area contributed by atoms with E-state index in [0.717, 1.165) is 17.9 Å². The maximum Gasteiger partial charge on any atom is 0.227 e. The van der Waals surface area contributed by atoms with Crippen molar-refractivity contribution < 1.29 is 9.21 Å². The molecule has 0 atom stereocenters. The molecule has 2 aromatic rings. The van der Waals surface area contributed by atoms with E-state index in [0.29, 0.717) is 25.9 Å². The number of aryl methyl sites for hydroxylation is 1. The summed E-state index contributed by atoms with van der Waals surface area (Å²) in [6.07, 6.45) is 3.48. The first-order valence-electron chi connectivity index (χ1n) is 6.89. The fourth-order valence-electron chi connectivity index (χ4n) is 2.08. The van der Waals surface area contributed by atoms with Crippen molar-refractivity contribution in [2.45, 2.75) is 19.3 Å². The van der Waals surface area contributed by atoms with Crippen molar-refractivity contribution in [2.75, 3.05) is 18.0 Å². The van der Waals surface area contributed by atoms with Crippen LogP contribution in [-0.2, 0) is 11.2 Å². The summed E-state index contributed by atoms with van der Waals surface area (Å²) in [6, 6.07) is 13.4. The minimum Gasteiger partial charge on any atom is -0.469 e. The lowest BCUT2D eigenvalue weighted by Crippen LogP contribution is -2.33. The Kier molecular flexibility index (Phi) is 5.38. The van der Waals surface area contributed by atoms with Gasteiger partial charge in [0.2, 0.25) is 5.91 Å². The van der Waals surface area contributed by atoms with Gasteiger partial charge in [0, 0.05) is 25.1 Å². The summed E-state index contributed by atoms with van der Waals surface area (Å²) in [7, 11) is 0. The van der Waals surface area contributed by atoms with Crippen LogP contribution >= 0.6 is 0 Å². The molecule has 0 aliphatic heterocycles. The number of furan rings is 1. The van der Waals surface area contributed by atoms with Crippen molar-refractivity contribution >= 4 is 11.6 Å². The molecule has 0 radical (unpaired) electrons. The third-order valence-corrected chi connectivity index (χ3v) is 3.12. The van der Waals surface area contributed by atoms with Gasteiger partial charge in [-0.05, 0) is 37.2 Å². The molecule has 0 saturated heterocycles. The topological polar surface area (TPSA) is 59.5 Å². The first-order valence-corrected chi connectivity index (χ1v) is 6.89. The van der Waals surface area contributed by atoms with Crippen LogP contribution in [0.3, 0.4) is 0 Å². The summed E-state index contributed by atoms with van der Waals surface area (Å²) in [4.78, 5) is 14.2. The Hall–Kier alpha value is -2.07. The lowest BCUT2D eigenvalue weighted by molar-refractivity contribution is -0.118. The van der Waals surface area contributed by atoms with Crippen molar-refractivity contribution in [3.8, 4) is 0 Å². The van der Waals surface area contributed by atoms with Gasteiger partial charge >= 0.3 is 0 Å². The van der Waals surface area contributed by atoms with Crippen LogP contribution in [-0.4, -0.2) is 19.0 Å². The van der Waals surface area contributed by atoms with Crippen LogP contribution in [0.5, 0.6) is 0 Å². The largest absolute Gasteiger partial charge is 0.469 e. The van der Waals surface area contributed by atoms with Gasteiger partial charge in [0.1, 0.15) is 5.76 Å². The Labute approximate surface area is 119 Å². The Morgan fingerprint density at radius 3 is 2.60 bits per heavy atom. The number of rotatable bonds is 7. The summed E-state index contributed by atoms with van der Waals surface area (Å²) >= 11 is 0. The molecule has 20 heavy (non-hydrogen) atoms. The highest BCUT2D eigenvalue weighted by Crippen LogP contribution is 2.16. The second-order valence-electron chi connectivity index (χ2n) is 4.60. The van der Waals surface area contributed by atoms with Crippen LogP contribution in [0.1, 0.15) is 18.6 Å². The second kappa shape index (κ2) is 7.50. The summed E-state index contributed by atoms with van der Waals surface area (Å²) < 4.78 is 5.26. The van der Waals surface area contributed by atoms with Gasteiger partial charge in [0.15, 0.2) is 0 Å². The predicted octanol–water partition coefficient (Wildman–Crippen LogP) is 2.59. The molecule has 0 unspecified atom stereocenters. The van der Waals surface area contributed by atoms with Crippen LogP contribution < -0.4 is 10.6 Å². The molecular formula is C16H20N2O2. The lowest BCUT2D eigenvalue weighted by atomic mass is 10.2. The molecule has 106 valence electrons. The number of amides is 1. The van der Waals surface area contributed by atoms with Gasteiger partial charge in [-0.1, -0.05) is 18.2 Å². The van der Waals surface area contributed by atoms with Crippen LogP contribution in [0.4, 0.5) is 5.69 Å². The van der Waals surface area contributed by atoms with Crippen molar-refractivity contribution in [1.29, 1.82) is 0 Å². The molecule has 0 bridgehead atoms. The second-order valence-corrected chi connectivity index (χ2v) is 4.60.